The molecule has 0 saturated carbocycles. The van der Waals surface area contributed by atoms with Crippen molar-refractivity contribution >= 4 is 11.9 Å². The van der Waals surface area contributed by atoms with Crippen molar-refractivity contribution in [2.45, 2.75) is 392 Å². The van der Waals surface area contributed by atoms with E-state index in [1.54, 1.807) is 0 Å². The van der Waals surface area contributed by atoms with E-state index >= 15 is 0 Å². The number of carbonyl (C=O) groups excluding carboxylic acids is 2. The van der Waals surface area contributed by atoms with Crippen LogP contribution in [0.4, 0.5) is 0 Å². The molecule has 0 bridgehead atoms. The van der Waals surface area contributed by atoms with Gasteiger partial charge < -0.3 is 14.6 Å². The van der Waals surface area contributed by atoms with Gasteiger partial charge >= 0.3 is 11.9 Å². The predicted molar refractivity (Wildman–Crippen MR) is 408 cm³/mol. The molecule has 528 valence electrons. The van der Waals surface area contributed by atoms with Crippen molar-refractivity contribution in [2.24, 2.45) is 0 Å². The van der Waals surface area contributed by atoms with Crippen LogP contribution >= 0.6 is 0 Å². The largest absolute Gasteiger partial charge is 0.462 e. The van der Waals surface area contributed by atoms with Gasteiger partial charge in [0.1, 0.15) is 6.61 Å². The average molecular weight is 1280 g/mol. The van der Waals surface area contributed by atoms with Crippen LogP contribution in [0.25, 0.3) is 0 Å². The fourth-order valence-corrected chi connectivity index (χ4v) is 11.6. The standard InChI is InChI=1S/C87H150O5/c1-3-5-7-9-11-13-15-17-19-21-23-25-27-29-31-33-35-37-39-41-42-43-44-46-48-50-52-54-56-58-60-62-64-66-68-70-72-74-76-78-80-82-87(90)92-85(83-88)84-91-86(89)81-79-77-75-73-71-69-67-65-63-61-59-57-55-53-51-49-47-45-40-38-36-34-32-30-28-26-24-22-20-18-16-14-12-10-8-6-4-2/h5-8,11-14,17-20,23-26,29,31,35,37,41-42,85,88H,3-4,9-10,15-16,21-22,27-28,30,32-34,36,38-40,43-84H2,1-2H3/b7-5-,8-6-,13-11-,14-12-,19-17-,20-18-,25-23-,26-24-,31-29-,37-35-,42-41-. The highest BCUT2D eigenvalue weighted by Gasteiger charge is 2.16. The van der Waals surface area contributed by atoms with Crippen molar-refractivity contribution in [3.8, 4) is 0 Å². The van der Waals surface area contributed by atoms with Crippen LogP contribution in [-0.4, -0.2) is 36.4 Å². The SMILES string of the molecule is CC/C=C\C/C=C\C/C=C\C/C=C\C/C=C\C/C=C\C/C=C\CCCCCCCCCCCCCCCCCCCCCC(=O)OC(CO)COC(=O)CCCCCCCCCCCCCCCCCCCCCCCCCC/C=C\C/C=C\C/C=C\C/C=C\CC. The summed E-state index contributed by atoms with van der Waals surface area (Å²) in [6, 6.07) is 0. The molecule has 0 aromatic rings. The lowest BCUT2D eigenvalue weighted by Crippen LogP contribution is -2.28. The second-order valence-electron chi connectivity index (χ2n) is 26.4. The fraction of sp³-hybridized carbons (Fsp3) is 0.724. The van der Waals surface area contributed by atoms with E-state index in [-0.39, 0.29) is 25.2 Å². The summed E-state index contributed by atoms with van der Waals surface area (Å²) in [7, 11) is 0. The molecule has 1 atom stereocenters. The lowest BCUT2D eigenvalue weighted by Gasteiger charge is -2.15. The van der Waals surface area contributed by atoms with E-state index in [0.29, 0.717) is 12.8 Å². The quantitative estimate of drug-likeness (QED) is 0.0373. The number of esters is 2. The van der Waals surface area contributed by atoms with Crippen molar-refractivity contribution in [3.05, 3.63) is 134 Å². The van der Waals surface area contributed by atoms with Crippen molar-refractivity contribution in [2.75, 3.05) is 13.2 Å². The van der Waals surface area contributed by atoms with Gasteiger partial charge in [-0.3, -0.25) is 9.59 Å². The molecule has 5 heteroatoms. The molecule has 0 fully saturated rings. The molecule has 1 N–H and O–H groups in total. The van der Waals surface area contributed by atoms with E-state index < -0.39 is 6.10 Å². The van der Waals surface area contributed by atoms with Crippen molar-refractivity contribution < 1.29 is 24.2 Å². The van der Waals surface area contributed by atoms with Gasteiger partial charge in [0.25, 0.3) is 0 Å². The fourth-order valence-electron chi connectivity index (χ4n) is 11.6. The molecule has 0 aliphatic rings. The maximum Gasteiger partial charge on any atom is 0.306 e. The molecule has 0 aliphatic carbocycles. The number of hydrogen-bond donors (Lipinski definition) is 1. The zero-order valence-corrected chi connectivity index (χ0v) is 60.8. The number of ether oxygens (including phenoxy) is 2. The molecule has 0 rings (SSSR count). The first kappa shape index (κ1) is 88.0. The normalized spacial score (nSPS) is 12.9. The first-order valence-corrected chi connectivity index (χ1v) is 39.7. The molecule has 0 aromatic heterocycles. The highest BCUT2D eigenvalue weighted by Crippen LogP contribution is 2.19. The van der Waals surface area contributed by atoms with Gasteiger partial charge in [0, 0.05) is 12.8 Å². The Morgan fingerprint density at radius 3 is 0.652 bits per heavy atom. The third kappa shape index (κ3) is 78.5. The van der Waals surface area contributed by atoms with E-state index in [1.165, 1.54) is 250 Å². The van der Waals surface area contributed by atoms with E-state index in [9.17, 15) is 14.7 Å². The van der Waals surface area contributed by atoms with Gasteiger partial charge in [-0.05, 0) is 109 Å². The van der Waals surface area contributed by atoms with Crippen molar-refractivity contribution in [1.82, 2.24) is 0 Å². The molecule has 5 nitrogen and oxygen atoms in total. The molecular formula is C87H150O5. The summed E-state index contributed by atoms with van der Waals surface area (Å²) in [5.41, 5.74) is 0. The zero-order valence-electron chi connectivity index (χ0n) is 60.8. The van der Waals surface area contributed by atoms with Crippen LogP contribution in [0.15, 0.2) is 134 Å². The Kier molecular flexibility index (Phi) is 77.8. The Morgan fingerprint density at radius 2 is 0.435 bits per heavy atom. The number of unbranched alkanes of at least 4 members (excludes halogenated alkanes) is 43. The van der Waals surface area contributed by atoms with E-state index in [0.717, 1.165) is 109 Å². The van der Waals surface area contributed by atoms with Crippen LogP contribution in [0, 0.1) is 0 Å². The Labute approximate surface area is 572 Å². The molecule has 92 heavy (non-hydrogen) atoms. The van der Waals surface area contributed by atoms with Gasteiger partial charge in [0.05, 0.1) is 6.61 Å². The van der Waals surface area contributed by atoms with Gasteiger partial charge in [-0.25, -0.2) is 0 Å². The van der Waals surface area contributed by atoms with Crippen LogP contribution in [0.1, 0.15) is 386 Å². The molecule has 0 aliphatic heterocycles. The first-order chi connectivity index (χ1) is 45.6. The predicted octanol–water partition coefficient (Wildman–Crippen LogP) is 28.2. The third-order valence-corrected chi connectivity index (χ3v) is 17.4. The van der Waals surface area contributed by atoms with Gasteiger partial charge in [0.2, 0.25) is 0 Å². The Hall–Kier alpha value is -3.96. The second kappa shape index (κ2) is 81.3. The summed E-state index contributed by atoms with van der Waals surface area (Å²) >= 11 is 0. The number of aliphatic hydroxyl groups is 1. The summed E-state index contributed by atoms with van der Waals surface area (Å²) < 4.78 is 10.8. The average Bonchev–Trinajstić information content (AvgIpc) is 3.64. The third-order valence-electron chi connectivity index (χ3n) is 17.4. The maximum absolute atomic E-state index is 12.4. The highest BCUT2D eigenvalue weighted by molar-refractivity contribution is 5.70. The van der Waals surface area contributed by atoms with Crippen LogP contribution in [0.3, 0.4) is 0 Å². The molecular weight excluding hydrogens is 1120 g/mol. The Morgan fingerprint density at radius 1 is 0.250 bits per heavy atom. The maximum atomic E-state index is 12.4. The lowest BCUT2D eigenvalue weighted by atomic mass is 10.0. The van der Waals surface area contributed by atoms with E-state index in [2.05, 4.69) is 148 Å². The second-order valence-corrected chi connectivity index (χ2v) is 26.4. The first-order valence-electron chi connectivity index (χ1n) is 39.7. The highest BCUT2D eigenvalue weighted by atomic mass is 16.6. The number of allylic oxidation sites excluding steroid dienone is 22. The monoisotopic (exact) mass is 1280 g/mol. The summed E-state index contributed by atoms with van der Waals surface area (Å²) in [5, 5.41) is 9.73. The molecule has 0 amide bonds. The molecule has 1 unspecified atom stereocenters. The number of hydrogen-bond acceptors (Lipinski definition) is 5. The van der Waals surface area contributed by atoms with Crippen LogP contribution < -0.4 is 0 Å². The molecule has 0 aromatic carbocycles. The molecule has 0 radical (unpaired) electrons. The summed E-state index contributed by atoms with van der Waals surface area (Å²) in [6.07, 6.45) is 121. The van der Waals surface area contributed by atoms with Crippen LogP contribution in [0.2, 0.25) is 0 Å². The number of rotatable bonds is 73. The molecule has 0 spiro atoms. The Balaban J connectivity index is 3.42. The van der Waals surface area contributed by atoms with Crippen LogP contribution in [0.5, 0.6) is 0 Å². The van der Waals surface area contributed by atoms with E-state index in [4.69, 9.17) is 9.47 Å². The summed E-state index contributed by atoms with van der Waals surface area (Å²) in [5.74, 6) is -0.573. The molecule has 0 heterocycles. The number of carbonyl (C=O) groups is 2. The van der Waals surface area contributed by atoms with Crippen LogP contribution in [-0.2, 0) is 19.1 Å². The minimum atomic E-state index is -0.777. The van der Waals surface area contributed by atoms with Gasteiger partial charge in [-0.1, -0.05) is 398 Å². The summed E-state index contributed by atoms with van der Waals surface area (Å²) in [6.45, 7) is 3.95. The van der Waals surface area contributed by atoms with Crippen molar-refractivity contribution in [1.29, 1.82) is 0 Å². The van der Waals surface area contributed by atoms with E-state index in [1.807, 2.05) is 0 Å². The summed E-state index contributed by atoms with van der Waals surface area (Å²) in [4.78, 5) is 24.7. The van der Waals surface area contributed by atoms with Gasteiger partial charge in [-0.15, -0.1) is 0 Å². The zero-order chi connectivity index (χ0) is 66.1. The Bertz CT molecular complexity index is 1840. The van der Waals surface area contributed by atoms with Gasteiger partial charge in [-0.2, -0.15) is 0 Å². The number of aliphatic hydroxyl groups excluding tert-OH is 1. The minimum absolute atomic E-state index is 0.0644. The van der Waals surface area contributed by atoms with Crippen molar-refractivity contribution in [3.63, 3.8) is 0 Å². The minimum Gasteiger partial charge on any atom is -0.462 e. The van der Waals surface area contributed by atoms with Gasteiger partial charge in [0.15, 0.2) is 6.10 Å². The topological polar surface area (TPSA) is 72.8 Å². The molecule has 0 saturated heterocycles. The lowest BCUT2D eigenvalue weighted by molar-refractivity contribution is -0.161. The smallest absolute Gasteiger partial charge is 0.306 e.